The first-order valence-electron chi connectivity index (χ1n) is 7.85. The topological polar surface area (TPSA) is 84.8 Å². The number of nitrogens with one attached hydrogen (secondary N) is 2. The number of aromatic amines is 1. The third-order valence-corrected chi connectivity index (χ3v) is 4.21. The standard InChI is InChI=1S/C16H23N5O2/c1-16(2,3)13(8-21-6-5-17-10-21)18-15(22)14-11-9-23-7-4-12(11)19-20-14/h5-6,10,13H,4,7-9H2,1-3H3,(H,18,22)(H,19,20). The van der Waals surface area contributed by atoms with Crippen molar-refractivity contribution in [1.82, 2.24) is 25.1 Å². The first-order chi connectivity index (χ1) is 10.9. The molecule has 7 nitrogen and oxygen atoms in total. The molecule has 0 radical (unpaired) electrons. The number of nitrogens with zero attached hydrogens (tertiary/aromatic N) is 3. The van der Waals surface area contributed by atoms with E-state index in [0.29, 0.717) is 25.5 Å². The molecule has 3 rings (SSSR count). The minimum atomic E-state index is -0.159. The molecular weight excluding hydrogens is 294 g/mol. The highest BCUT2D eigenvalue weighted by molar-refractivity contribution is 5.94. The molecule has 0 saturated heterocycles. The summed E-state index contributed by atoms with van der Waals surface area (Å²) in [6.45, 7) is 8.10. The number of hydrogen-bond acceptors (Lipinski definition) is 4. The zero-order valence-corrected chi connectivity index (χ0v) is 13.8. The van der Waals surface area contributed by atoms with Crippen LogP contribution >= 0.6 is 0 Å². The smallest absolute Gasteiger partial charge is 0.272 e. The van der Waals surface area contributed by atoms with E-state index in [-0.39, 0.29) is 17.4 Å². The SMILES string of the molecule is CC(C)(C)C(Cn1ccnc1)NC(=O)c1n[nH]c2c1COCC2. The summed E-state index contributed by atoms with van der Waals surface area (Å²) < 4.78 is 7.42. The molecule has 0 spiro atoms. The summed E-state index contributed by atoms with van der Waals surface area (Å²) in [4.78, 5) is 16.7. The number of rotatable bonds is 4. The van der Waals surface area contributed by atoms with E-state index in [9.17, 15) is 4.79 Å². The Kier molecular flexibility index (Phi) is 4.21. The van der Waals surface area contributed by atoms with Gasteiger partial charge in [0.25, 0.3) is 5.91 Å². The lowest BCUT2D eigenvalue weighted by Crippen LogP contribution is -2.46. The molecule has 1 amide bonds. The second-order valence-corrected chi connectivity index (χ2v) is 6.98. The van der Waals surface area contributed by atoms with E-state index >= 15 is 0 Å². The summed E-state index contributed by atoms with van der Waals surface area (Å²) in [5.41, 5.74) is 2.24. The van der Waals surface area contributed by atoms with Crippen LogP contribution in [0.4, 0.5) is 0 Å². The quantitative estimate of drug-likeness (QED) is 0.895. The maximum atomic E-state index is 12.7. The number of fused-ring (bicyclic) bond motifs is 1. The Morgan fingerprint density at radius 2 is 2.35 bits per heavy atom. The number of aromatic nitrogens is 4. The van der Waals surface area contributed by atoms with Gasteiger partial charge in [0.1, 0.15) is 0 Å². The summed E-state index contributed by atoms with van der Waals surface area (Å²) in [6.07, 6.45) is 6.17. The summed E-state index contributed by atoms with van der Waals surface area (Å²) in [6, 6.07) is -0.0407. The van der Waals surface area contributed by atoms with Crippen LogP contribution in [0.25, 0.3) is 0 Å². The zero-order valence-electron chi connectivity index (χ0n) is 13.8. The maximum Gasteiger partial charge on any atom is 0.272 e. The molecule has 0 saturated carbocycles. The summed E-state index contributed by atoms with van der Waals surface area (Å²) >= 11 is 0. The normalized spacial score (nSPS) is 16.0. The lowest BCUT2D eigenvalue weighted by Gasteiger charge is -2.31. The van der Waals surface area contributed by atoms with Crippen LogP contribution in [0.15, 0.2) is 18.7 Å². The predicted octanol–water partition coefficient (Wildman–Crippen LogP) is 1.52. The van der Waals surface area contributed by atoms with Crippen LogP contribution in [0.3, 0.4) is 0 Å². The number of carbonyl (C=O) groups is 1. The van der Waals surface area contributed by atoms with Gasteiger partial charge in [-0.25, -0.2) is 4.98 Å². The number of carbonyl (C=O) groups excluding carboxylic acids is 1. The molecule has 0 fully saturated rings. The largest absolute Gasteiger partial charge is 0.376 e. The first-order valence-corrected chi connectivity index (χ1v) is 7.85. The molecule has 0 aliphatic carbocycles. The third kappa shape index (κ3) is 3.44. The monoisotopic (exact) mass is 317 g/mol. The van der Waals surface area contributed by atoms with Crippen LogP contribution in [0, 0.1) is 5.41 Å². The van der Waals surface area contributed by atoms with Gasteiger partial charge in [0.2, 0.25) is 0 Å². The second-order valence-electron chi connectivity index (χ2n) is 6.98. The number of hydrogen-bond donors (Lipinski definition) is 2. The van der Waals surface area contributed by atoms with Crippen molar-refractivity contribution in [3.8, 4) is 0 Å². The number of amides is 1. The molecule has 3 heterocycles. The van der Waals surface area contributed by atoms with Crippen molar-refractivity contribution >= 4 is 5.91 Å². The van der Waals surface area contributed by atoms with E-state index in [1.54, 1.807) is 12.5 Å². The van der Waals surface area contributed by atoms with Crippen LogP contribution in [0.5, 0.6) is 0 Å². The lowest BCUT2D eigenvalue weighted by molar-refractivity contribution is 0.0869. The molecule has 23 heavy (non-hydrogen) atoms. The Hall–Kier alpha value is -2.15. The molecule has 2 aromatic heterocycles. The van der Waals surface area contributed by atoms with Crippen molar-refractivity contribution in [1.29, 1.82) is 0 Å². The van der Waals surface area contributed by atoms with Crippen LogP contribution in [-0.4, -0.2) is 38.3 Å². The Balaban J connectivity index is 1.77. The van der Waals surface area contributed by atoms with Crippen molar-refractivity contribution in [2.75, 3.05) is 6.61 Å². The van der Waals surface area contributed by atoms with E-state index in [1.807, 2.05) is 10.8 Å². The highest BCUT2D eigenvalue weighted by atomic mass is 16.5. The molecule has 7 heteroatoms. The van der Waals surface area contributed by atoms with Crippen LogP contribution < -0.4 is 5.32 Å². The van der Waals surface area contributed by atoms with Crippen molar-refractivity contribution < 1.29 is 9.53 Å². The fourth-order valence-corrected chi connectivity index (χ4v) is 2.67. The fourth-order valence-electron chi connectivity index (χ4n) is 2.67. The van der Waals surface area contributed by atoms with Gasteiger partial charge in [0.05, 0.1) is 25.6 Å². The summed E-state index contributed by atoms with van der Waals surface area (Å²) in [7, 11) is 0. The number of ether oxygens (including phenoxy) is 1. The Morgan fingerprint density at radius 3 is 3.04 bits per heavy atom. The maximum absolute atomic E-state index is 12.7. The van der Waals surface area contributed by atoms with E-state index in [2.05, 4.69) is 41.3 Å². The van der Waals surface area contributed by atoms with Gasteiger partial charge in [0.15, 0.2) is 5.69 Å². The van der Waals surface area contributed by atoms with Gasteiger partial charge in [-0.15, -0.1) is 0 Å². The highest BCUT2D eigenvalue weighted by Gasteiger charge is 2.29. The van der Waals surface area contributed by atoms with Crippen molar-refractivity contribution in [2.24, 2.45) is 5.41 Å². The van der Waals surface area contributed by atoms with Crippen molar-refractivity contribution in [3.63, 3.8) is 0 Å². The predicted molar refractivity (Wildman–Crippen MR) is 84.9 cm³/mol. The molecule has 0 aromatic carbocycles. The molecule has 1 unspecified atom stereocenters. The van der Waals surface area contributed by atoms with Gasteiger partial charge in [-0.05, 0) is 5.41 Å². The van der Waals surface area contributed by atoms with Crippen LogP contribution in [0.1, 0.15) is 42.5 Å². The molecule has 1 aliphatic rings. The summed E-state index contributed by atoms with van der Waals surface area (Å²) in [5, 5.41) is 10.3. The van der Waals surface area contributed by atoms with Crippen LogP contribution in [-0.2, 0) is 24.3 Å². The molecule has 1 atom stereocenters. The second kappa shape index (κ2) is 6.16. The molecule has 0 bridgehead atoms. The van der Waals surface area contributed by atoms with Gasteiger partial charge in [-0.3, -0.25) is 9.89 Å². The Morgan fingerprint density at radius 1 is 1.52 bits per heavy atom. The van der Waals surface area contributed by atoms with E-state index in [1.165, 1.54) is 0 Å². The highest BCUT2D eigenvalue weighted by Crippen LogP contribution is 2.23. The average molecular weight is 317 g/mol. The Labute approximate surface area is 135 Å². The minimum absolute atomic E-state index is 0.0407. The summed E-state index contributed by atoms with van der Waals surface area (Å²) in [5.74, 6) is -0.159. The molecule has 2 N–H and O–H groups in total. The molecule has 1 aliphatic heterocycles. The zero-order chi connectivity index (χ0) is 16.4. The fraction of sp³-hybridized carbons (Fsp3) is 0.562. The number of imidazole rings is 1. The molecular formula is C16H23N5O2. The minimum Gasteiger partial charge on any atom is -0.376 e. The third-order valence-electron chi connectivity index (χ3n) is 4.21. The van der Waals surface area contributed by atoms with Gasteiger partial charge >= 0.3 is 0 Å². The van der Waals surface area contributed by atoms with E-state index in [0.717, 1.165) is 17.7 Å². The van der Waals surface area contributed by atoms with Crippen LogP contribution in [0.2, 0.25) is 0 Å². The van der Waals surface area contributed by atoms with Crippen molar-refractivity contribution in [2.45, 2.75) is 46.4 Å². The van der Waals surface area contributed by atoms with Gasteiger partial charge in [-0.1, -0.05) is 20.8 Å². The number of H-pyrrole nitrogens is 1. The molecule has 124 valence electrons. The van der Waals surface area contributed by atoms with Gasteiger partial charge in [0, 0.05) is 36.6 Å². The average Bonchev–Trinajstić information content (AvgIpc) is 3.14. The lowest BCUT2D eigenvalue weighted by atomic mass is 9.86. The van der Waals surface area contributed by atoms with Gasteiger partial charge < -0.3 is 14.6 Å². The van der Waals surface area contributed by atoms with E-state index < -0.39 is 0 Å². The van der Waals surface area contributed by atoms with Gasteiger partial charge in [-0.2, -0.15) is 5.10 Å². The molecule has 2 aromatic rings. The Bertz CT molecular complexity index is 669. The first kappa shape index (κ1) is 15.7. The van der Waals surface area contributed by atoms with E-state index in [4.69, 9.17) is 4.74 Å². The van der Waals surface area contributed by atoms with Crippen molar-refractivity contribution in [3.05, 3.63) is 35.7 Å².